The number of carbonyl (C=O) groups excluding carboxylic acids is 2. The topological polar surface area (TPSA) is 129 Å². The highest BCUT2D eigenvalue weighted by molar-refractivity contribution is 8.00. The smallest absolute Gasteiger partial charge is 0.408 e. The Hall–Kier alpha value is -2.15. The lowest BCUT2D eigenvalue weighted by Crippen LogP contribution is -2.44. The van der Waals surface area contributed by atoms with Crippen LogP contribution in [-0.2, 0) is 14.3 Å². The number of carboxylic acid groups (broad SMARTS) is 1. The minimum Gasteiger partial charge on any atom is -0.465 e. The van der Waals surface area contributed by atoms with Crippen molar-refractivity contribution in [3.05, 3.63) is 0 Å². The number of amides is 2. The van der Waals surface area contributed by atoms with E-state index < -0.39 is 36.4 Å². The van der Waals surface area contributed by atoms with Crippen LogP contribution in [0.2, 0.25) is 0 Å². The molecule has 1 rings (SSSR count). The van der Waals surface area contributed by atoms with Gasteiger partial charge >= 0.3 is 18.2 Å². The first-order chi connectivity index (χ1) is 11.6. The van der Waals surface area contributed by atoms with E-state index in [2.05, 4.69) is 5.32 Å². The monoisotopic (exact) mass is 373 g/mol. The summed E-state index contributed by atoms with van der Waals surface area (Å²) < 4.78 is 9.91. The Balaban J connectivity index is 2.59. The maximum absolute atomic E-state index is 12.0. The Morgan fingerprint density at radius 3 is 2.64 bits per heavy atom. The second-order valence-electron chi connectivity index (χ2n) is 6.46. The molecule has 0 aromatic rings. The Morgan fingerprint density at radius 2 is 2.12 bits per heavy atom. The molecule has 0 aliphatic carbocycles. The number of nitriles is 1. The maximum Gasteiger partial charge on any atom is 0.408 e. The van der Waals surface area contributed by atoms with Gasteiger partial charge in [-0.1, -0.05) is 0 Å². The van der Waals surface area contributed by atoms with Gasteiger partial charge in [0.1, 0.15) is 17.7 Å². The lowest BCUT2D eigenvalue weighted by atomic mass is 10.1. The van der Waals surface area contributed by atoms with Crippen LogP contribution in [-0.4, -0.2) is 64.1 Å². The van der Waals surface area contributed by atoms with Crippen molar-refractivity contribution < 1.29 is 29.0 Å². The molecule has 0 saturated carbocycles. The molecule has 1 saturated heterocycles. The standard InChI is InChI=1S/C15H23N3O6S/c1-15(2,3)24-13(20)17-11(12(19)23-7-6-16)5-4-10-8-18(9-25-10)14(21)22/h10-11H,4-5,7-9H2,1-3H3,(H,17,20)(H,21,22). The predicted octanol–water partition coefficient (Wildman–Crippen LogP) is 1.78. The molecule has 9 nitrogen and oxygen atoms in total. The van der Waals surface area contributed by atoms with Crippen molar-refractivity contribution in [2.24, 2.45) is 0 Å². The van der Waals surface area contributed by atoms with E-state index in [9.17, 15) is 14.4 Å². The van der Waals surface area contributed by atoms with Crippen LogP contribution in [0.15, 0.2) is 0 Å². The van der Waals surface area contributed by atoms with Crippen LogP contribution in [0.5, 0.6) is 0 Å². The average Bonchev–Trinajstić information content (AvgIpc) is 2.96. The normalized spacial score (nSPS) is 18.2. The highest BCUT2D eigenvalue weighted by Gasteiger charge is 2.30. The highest BCUT2D eigenvalue weighted by atomic mass is 32.2. The number of alkyl carbamates (subject to hydrolysis) is 1. The number of hydrogen-bond acceptors (Lipinski definition) is 7. The minimum atomic E-state index is -0.980. The average molecular weight is 373 g/mol. The fourth-order valence-electron chi connectivity index (χ4n) is 2.11. The SMILES string of the molecule is CC(C)(C)OC(=O)NC(CCC1CN(C(=O)O)CS1)C(=O)OCC#N. The van der Waals surface area contributed by atoms with Gasteiger partial charge in [-0.25, -0.2) is 14.4 Å². The van der Waals surface area contributed by atoms with Gasteiger partial charge in [0.2, 0.25) is 0 Å². The molecule has 2 N–H and O–H groups in total. The molecular formula is C15H23N3O6S. The summed E-state index contributed by atoms with van der Waals surface area (Å²) in [5.41, 5.74) is -0.714. The van der Waals surface area contributed by atoms with E-state index in [1.807, 2.05) is 0 Å². The fourth-order valence-corrected chi connectivity index (χ4v) is 3.30. The minimum absolute atomic E-state index is 0.0304. The van der Waals surface area contributed by atoms with Gasteiger partial charge in [0, 0.05) is 11.8 Å². The second-order valence-corrected chi connectivity index (χ2v) is 7.72. The number of esters is 1. The van der Waals surface area contributed by atoms with E-state index in [4.69, 9.17) is 19.8 Å². The van der Waals surface area contributed by atoms with Crippen molar-refractivity contribution in [3.8, 4) is 6.07 Å². The molecule has 0 aromatic carbocycles. The van der Waals surface area contributed by atoms with Crippen molar-refractivity contribution >= 4 is 29.9 Å². The van der Waals surface area contributed by atoms with Gasteiger partial charge in [0.05, 0.1) is 5.88 Å². The van der Waals surface area contributed by atoms with Gasteiger partial charge in [-0.05, 0) is 33.6 Å². The van der Waals surface area contributed by atoms with Crippen LogP contribution in [0.4, 0.5) is 9.59 Å². The highest BCUT2D eigenvalue weighted by Crippen LogP contribution is 2.26. The van der Waals surface area contributed by atoms with Crippen LogP contribution in [0, 0.1) is 11.3 Å². The largest absolute Gasteiger partial charge is 0.465 e. The van der Waals surface area contributed by atoms with Crippen LogP contribution < -0.4 is 5.32 Å². The van der Waals surface area contributed by atoms with Crippen molar-refractivity contribution in [3.63, 3.8) is 0 Å². The van der Waals surface area contributed by atoms with E-state index in [-0.39, 0.29) is 11.7 Å². The summed E-state index contributed by atoms with van der Waals surface area (Å²) in [6, 6.07) is 0.742. The summed E-state index contributed by atoms with van der Waals surface area (Å²) in [6.07, 6.45) is -0.963. The van der Waals surface area contributed by atoms with Crippen LogP contribution in [0.25, 0.3) is 0 Å². The number of hydrogen-bond donors (Lipinski definition) is 2. The molecule has 2 unspecified atom stereocenters. The van der Waals surface area contributed by atoms with Gasteiger partial charge in [-0.3, -0.25) is 4.90 Å². The molecule has 2 amide bonds. The number of nitrogens with zero attached hydrogens (tertiary/aromatic N) is 2. The van der Waals surface area contributed by atoms with Gasteiger partial charge in [0.15, 0.2) is 6.61 Å². The van der Waals surface area contributed by atoms with Gasteiger partial charge < -0.3 is 19.9 Å². The molecule has 1 fully saturated rings. The Morgan fingerprint density at radius 1 is 1.44 bits per heavy atom. The first-order valence-electron chi connectivity index (χ1n) is 7.75. The lowest BCUT2D eigenvalue weighted by molar-refractivity contribution is -0.145. The second kappa shape index (κ2) is 9.36. The summed E-state index contributed by atoms with van der Waals surface area (Å²) in [6.45, 7) is 5.06. The van der Waals surface area contributed by atoms with Crippen molar-refractivity contribution in [2.75, 3.05) is 19.0 Å². The van der Waals surface area contributed by atoms with Gasteiger partial charge in [0.25, 0.3) is 0 Å². The fraction of sp³-hybridized carbons (Fsp3) is 0.733. The zero-order valence-corrected chi connectivity index (χ0v) is 15.3. The molecular weight excluding hydrogens is 350 g/mol. The van der Waals surface area contributed by atoms with E-state index in [0.717, 1.165) is 0 Å². The predicted molar refractivity (Wildman–Crippen MR) is 89.9 cm³/mol. The lowest BCUT2D eigenvalue weighted by Gasteiger charge is -2.23. The molecule has 2 atom stereocenters. The number of carbonyl (C=O) groups is 3. The molecule has 0 aromatic heterocycles. The third kappa shape index (κ3) is 7.98. The summed E-state index contributed by atoms with van der Waals surface area (Å²) in [4.78, 5) is 36.1. The molecule has 140 valence electrons. The van der Waals surface area contributed by atoms with Gasteiger partial charge in [-0.2, -0.15) is 5.26 Å². The number of rotatable bonds is 6. The van der Waals surface area contributed by atoms with Crippen molar-refractivity contribution in [1.29, 1.82) is 5.26 Å². The number of thioether (sulfide) groups is 1. The van der Waals surface area contributed by atoms with E-state index in [0.29, 0.717) is 18.8 Å². The zero-order chi connectivity index (χ0) is 19.0. The number of ether oxygens (including phenoxy) is 2. The van der Waals surface area contributed by atoms with Crippen molar-refractivity contribution in [2.45, 2.75) is 50.5 Å². The molecule has 1 aliphatic heterocycles. The molecule has 0 bridgehead atoms. The summed E-state index contributed by atoms with van der Waals surface area (Å²) >= 11 is 1.48. The third-order valence-corrected chi connectivity index (χ3v) is 4.51. The zero-order valence-electron chi connectivity index (χ0n) is 14.5. The molecule has 25 heavy (non-hydrogen) atoms. The first-order valence-corrected chi connectivity index (χ1v) is 8.80. The molecule has 10 heteroatoms. The molecule has 1 heterocycles. The number of nitrogens with one attached hydrogen (secondary N) is 1. The third-order valence-electron chi connectivity index (χ3n) is 3.19. The quantitative estimate of drug-likeness (QED) is 0.674. The van der Waals surface area contributed by atoms with E-state index in [1.54, 1.807) is 26.8 Å². The summed E-state index contributed by atoms with van der Waals surface area (Å²) in [5.74, 6) is -0.339. The molecule has 0 spiro atoms. The van der Waals surface area contributed by atoms with Crippen LogP contribution in [0.3, 0.4) is 0 Å². The summed E-state index contributed by atoms with van der Waals surface area (Å²) in [7, 11) is 0. The summed E-state index contributed by atoms with van der Waals surface area (Å²) in [5, 5.41) is 20.0. The van der Waals surface area contributed by atoms with E-state index in [1.165, 1.54) is 16.7 Å². The first kappa shape index (κ1) is 20.9. The Bertz CT molecular complexity index is 542. The maximum atomic E-state index is 12.0. The van der Waals surface area contributed by atoms with Gasteiger partial charge in [-0.15, -0.1) is 11.8 Å². The molecule has 1 aliphatic rings. The molecule has 0 radical (unpaired) electrons. The Kier molecular flexibility index (Phi) is 7.83. The van der Waals surface area contributed by atoms with Crippen molar-refractivity contribution in [1.82, 2.24) is 10.2 Å². The van der Waals surface area contributed by atoms with Crippen LogP contribution >= 0.6 is 11.8 Å². The van der Waals surface area contributed by atoms with Crippen LogP contribution in [0.1, 0.15) is 33.6 Å². The Labute approximate surface area is 150 Å². The van der Waals surface area contributed by atoms with E-state index >= 15 is 0 Å².